The fourth-order valence-electron chi connectivity index (χ4n) is 3.54. The van der Waals surface area contributed by atoms with Gasteiger partial charge in [-0.15, -0.1) is 0 Å². The van der Waals surface area contributed by atoms with E-state index < -0.39 is 0 Å². The zero-order valence-electron chi connectivity index (χ0n) is 11.6. The van der Waals surface area contributed by atoms with Crippen LogP contribution in [0.2, 0.25) is 0 Å². The van der Waals surface area contributed by atoms with Crippen LogP contribution in [0.4, 0.5) is 0 Å². The van der Waals surface area contributed by atoms with E-state index in [-0.39, 0.29) is 12.0 Å². The van der Waals surface area contributed by atoms with Crippen molar-refractivity contribution in [3.63, 3.8) is 0 Å². The zero-order valence-corrected chi connectivity index (χ0v) is 11.6. The molecule has 2 saturated heterocycles. The standard InChI is InChI=1S/C16H18N2O2/c1-17-8-11(14-4-2-3-5-15(14)17)6-16(19)18-9-13-7-12(18)10-20-13/h2-5,8,12-13H,6-7,9-10H2,1H3. The Balaban J connectivity index is 1.60. The molecule has 2 aromatic rings. The summed E-state index contributed by atoms with van der Waals surface area (Å²) in [6.45, 7) is 1.49. The number of aromatic nitrogens is 1. The van der Waals surface area contributed by atoms with Gasteiger partial charge < -0.3 is 14.2 Å². The maximum Gasteiger partial charge on any atom is 0.227 e. The van der Waals surface area contributed by atoms with Crippen LogP contribution in [0, 0.1) is 0 Å². The van der Waals surface area contributed by atoms with Crippen LogP contribution in [0.25, 0.3) is 10.9 Å². The van der Waals surface area contributed by atoms with Crippen LogP contribution in [-0.4, -0.2) is 40.7 Å². The molecule has 0 saturated carbocycles. The van der Waals surface area contributed by atoms with E-state index in [4.69, 9.17) is 4.74 Å². The van der Waals surface area contributed by atoms with E-state index in [1.807, 2.05) is 24.1 Å². The normalized spacial score (nSPS) is 24.8. The Hall–Kier alpha value is -1.81. The molecule has 0 radical (unpaired) electrons. The lowest BCUT2D eigenvalue weighted by Crippen LogP contribution is -2.42. The zero-order chi connectivity index (χ0) is 13.7. The van der Waals surface area contributed by atoms with Crippen LogP contribution in [0.5, 0.6) is 0 Å². The van der Waals surface area contributed by atoms with Crippen molar-refractivity contribution >= 4 is 16.8 Å². The first kappa shape index (κ1) is 12.0. The molecule has 2 aliphatic heterocycles. The van der Waals surface area contributed by atoms with E-state index in [0.29, 0.717) is 19.1 Å². The van der Waals surface area contributed by atoms with Gasteiger partial charge in [0, 0.05) is 30.7 Å². The van der Waals surface area contributed by atoms with Gasteiger partial charge in [0.05, 0.1) is 25.2 Å². The molecule has 1 aromatic carbocycles. The van der Waals surface area contributed by atoms with Gasteiger partial charge in [0.15, 0.2) is 0 Å². The number of benzene rings is 1. The minimum absolute atomic E-state index is 0.233. The number of rotatable bonds is 2. The smallest absolute Gasteiger partial charge is 0.227 e. The molecular weight excluding hydrogens is 252 g/mol. The van der Waals surface area contributed by atoms with Gasteiger partial charge in [-0.1, -0.05) is 18.2 Å². The molecule has 2 bridgehead atoms. The first-order chi connectivity index (χ1) is 9.72. The number of morpholine rings is 1. The number of carbonyl (C=O) groups is 1. The Morgan fingerprint density at radius 1 is 1.40 bits per heavy atom. The highest BCUT2D eigenvalue weighted by molar-refractivity contribution is 5.89. The third kappa shape index (κ3) is 1.75. The highest BCUT2D eigenvalue weighted by atomic mass is 16.5. The van der Waals surface area contributed by atoms with Crippen molar-refractivity contribution in [1.29, 1.82) is 0 Å². The number of likely N-dealkylation sites (tertiary alicyclic amines) is 1. The number of amides is 1. The summed E-state index contributed by atoms with van der Waals surface area (Å²) in [4.78, 5) is 14.5. The average molecular weight is 270 g/mol. The summed E-state index contributed by atoms with van der Waals surface area (Å²) in [5.74, 6) is 0.233. The van der Waals surface area contributed by atoms with Gasteiger partial charge in [-0.05, 0) is 18.1 Å². The van der Waals surface area contributed by atoms with Gasteiger partial charge in [-0.3, -0.25) is 4.79 Å². The largest absolute Gasteiger partial charge is 0.374 e. The molecule has 2 unspecified atom stereocenters. The number of carbonyl (C=O) groups excluding carboxylic acids is 1. The average Bonchev–Trinajstić information content (AvgIpc) is 3.15. The highest BCUT2D eigenvalue weighted by Crippen LogP contribution is 2.29. The lowest BCUT2D eigenvalue weighted by atomic mass is 10.1. The lowest BCUT2D eigenvalue weighted by Gasteiger charge is -2.26. The number of nitrogens with zero attached hydrogens (tertiary/aromatic N) is 2. The second kappa shape index (κ2) is 4.35. The number of ether oxygens (including phenoxy) is 1. The summed E-state index contributed by atoms with van der Waals surface area (Å²) >= 11 is 0. The van der Waals surface area contributed by atoms with Crippen LogP contribution < -0.4 is 0 Å². The lowest BCUT2D eigenvalue weighted by molar-refractivity contribution is -0.134. The van der Waals surface area contributed by atoms with Crippen molar-refractivity contribution in [2.24, 2.45) is 7.05 Å². The Labute approximate surface area is 117 Å². The molecule has 2 aliphatic rings. The molecule has 0 aliphatic carbocycles. The van der Waals surface area contributed by atoms with Crippen molar-refractivity contribution in [1.82, 2.24) is 9.47 Å². The Morgan fingerprint density at radius 3 is 3.00 bits per heavy atom. The topological polar surface area (TPSA) is 34.5 Å². The van der Waals surface area contributed by atoms with E-state index in [1.54, 1.807) is 0 Å². The molecule has 1 amide bonds. The van der Waals surface area contributed by atoms with Gasteiger partial charge in [0.25, 0.3) is 0 Å². The molecule has 104 valence electrons. The summed E-state index contributed by atoms with van der Waals surface area (Å²) in [6.07, 6.45) is 3.86. The SMILES string of the molecule is Cn1cc(CC(=O)N2CC3CC2CO3)c2ccccc21. The van der Waals surface area contributed by atoms with E-state index in [0.717, 1.165) is 18.5 Å². The first-order valence-electron chi connectivity index (χ1n) is 7.16. The molecule has 2 fully saturated rings. The second-order valence-electron chi connectivity index (χ2n) is 5.85. The highest BCUT2D eigenvalue weighted by Gasteiger charge is 2.41. The molecule has 0 N–H and O–H groups in total. The van der Waals surface area contributed by atoms with Gasteiger partial charge >= 0.3 is 0 Å². The van der Waals surface area contributed by atoms with Crippen LogP contribution in [-0.2, 0) is 23.0 Å². The number of hydrogen-bond acceptors (Lipinski definition) is 2. The molecule has 0 spiro atoms. The predicted molar refractivity (Wildman–Crippen MR) is 76.5 cm³/mol. The van der Waals surface area contributed by atoms with Gasteiger partial charge in [0.2, 0.25) is 5.91 Å². The maximum absolute atomic E-state index is 12.5. The first-order valence-corrected chi connectivity index (χ1v) is 7.16. The molecule has 1 aromatic heterocycles. The minimum atomic E-state index is 0.233. The molecular formula is C16H18N2O2. The molecule has 4 heteroatoms. The molecule has 4 rings (SSSR count). The van der Waals surface area contributed by atoms with Crippen molar-refractivity contribution in [2.45, 2.75) is 25.0 Å². The molecule has 2 atom stereocenters. The fourth-order valence-corrected chi connectivity index (χ4v) is 3.54. The van der Waals surface area contributed by atoms with E-state index in [1.165, 1.54) is 10.9 Å². The Morgan fingerprint density at radius 2 is 2.25 bits per heavy atom. The van der Waals surface area contributed by atoms with Crippen LogP contribution in [0.1, 0.15) is 12.0 Å². The number of para-hydroxylation sites is 1. The predicted octanol–water partition coefficient (Wildman–Crippen LogP) is 1.72. The Bertz CT molecular complexity index is 676. The third-order valence-corrected chi connectivity index (χ3v) is 4.54. The number of fused-ring (bicyclic) bond motifs is 3. The minimum Gasteiger partial charge on any atom is -0.374 e. The van der Waals surface area contributed by atoms with E-state index in [2.05, 4.69) is 22.9 Å². The summed E-state index contributed by atoms with van der Waals surface area (Å²) in [5.41, 5.74) is 2.30. The third-order valence-electron chi connectivity index (χ3n) is 4.54. The summed E-state index contributed by atoms with van der Waals surface area (Å²) in [5, 5.41) is 1.18. The Kier molecular flexibility index (Phi) is 2.60. The summed E-state index contributed by atoms with van der Waals surface area (Å²) < 4.78 is 7.65. The molecule has 4 nitrogen and oxygen atoms in total. The molecule has 20 heavy (non-hydrogen) atoms. The van der Waals surface area contributed by atoms with E-state index in [9.17, 15) is 4.79 Å². The maximum atomic E-state index is 12.5. The fraction of sp³-hybridized carbons (Fsp3) is 0.438. The van der Waals surface area contributed by atoms with Gasteiger partial charge in [0.1, 0.15) is 0 Å². The van der Waals surface area contributed by atoms with Gasteiger partial charge in [-0.25, -0.2) is 0 Å². The quantitative estimate of drug-likeness (QED) is 0.833. The van der Waals surface area contributed by atoms with Gasteiger partial charge in [-0.2, -0.15) is 0 Å². The van der Waals surface area contributed by atoms with Crippen molar-refractivity contribution in [2.75, 3.05) is 13.2 Å². The second-order valence-corrected chi connectivity index (χ2v) is 5.85. The van der Waals surface area contributed by atoms with Crippen molar-refractivity contribution < 1.29 is 9.53 Å². The monoisotopic (exact) mass is 270 g/mol. The number of aryl methyl sites for hydroxylation is 1. The summed E-state index contributed by atoms with van der Waals surface area (Å²) in [7, 11) is 2.03. The van der Waals surface area contributed by atoms with Crippen molar-refractivity contribution in [3.8, 4) is 0 Å². The summed E-state index contributed by atoms with van der Waals surface area (Å²) in [6, 6.07) is 8.56. The van der Waals surface area contributed by atoms with Crippen molar-refractivity contribution in [3.05, 3.63) is 36.0 Å². The van der Waals surface area contributed by atoms with Crippen LogP contribution in [0.15, 0.2) is 30.5 Å². The van der Waals surface area contributed by atoms with E-state index >= 15 is 0 Å². The molecule has 3 heterocycles. The van der Waals surface area contributed by atoms with Crippen LogP contribution >= 0.6 is 0 Å². The van der Waals surface area contributed by atoms with Crippen LogP contribution in [0.3, 0.4) is 0 Å². The number of hydrogen-bond donors (Lipinski definition) is 0.